The fourth-order valence-corrected chi connectivity index (χ4v) is 6.19. The summed E-state index contributed by atoms with van der Waals surface area (Å²) in [4.78, 5) is 34.3. The summed E-state index contributed by atoms with van der Waals surface area (Å²) in [5.74, 6) is 0.387. The normalized spacial score (nSPS) is 15.1. The number of carbonyl (C=O) groups excluding carboxylic acids is 1. The fourth-order valence-electron chi connectivity index (χ4n) is 4.74. The summed E-state index contributed by atoms with van der Waals surface area (Å²) in [5, 5.41) is 4.46. The van der Waals surface area contributed by atoms with Gasteiger partial charge in [-0.05, 0) is 38.5 Å². The minimum absolute atomic E-state index is 0.0867. The maximum absolute atomic E-state index is 13.6. The van der Waals surface area contributed by atoms with Gasteiger partial charge in [0.25, 0.3) is 5.56 Å². The number of aromatic amines is 1. The van der Waals surface area contributed by atoms with Crippen LogP contribution in [0.15, 0.2) is 27.9 Å². The van der Waals surface area contributed by atoms with Crippen molar-refractivity contribution in [2.75, 3.05) is 45.9 Å². The van der Waals surface area contributed by atoms with Crippen LogP contribution in [0.3, 0.4) is 0 Å². The predicted octanol–water partition coefficient (Wildman–Crippen LogP) is 1.93. The summed E-state index contributed by atoms with van der Waals surface area (Å²) >= 11 is 0. The number of hydrogen-bond donors (Lipinski definition) is 1. The molecule has 39 heavy (non-hydrogen) atoms. The van der Waals surface area contributed by atoms with E-state index in [1.165, 1.54) is 21.1 Å². The van der Waals surface area contributed by atoms with Crippen LogP contribution in [0.2, 0.25) is 0 Å². The zero-order valence-electron chi connectivity index (χ0n) is 22.9. The molecular weight excluding hydrogens is 524 g/mol. The molecule has 0 atom stereocenters. The second-order valence-electron chi connectivity index (χ2n) is 9.32. The Hall–Kier alpha value is -3.29. The summed E-state index contributed by atoms with van der Waals surface area (Å²) < 4.78 is 40.9. The highest BCUT2D eigenvalue weighted by Gasteiger charge is 2.30. The first-order valence-electron chi connectivity index (χ1n) is 13.3. The highest BCUT2D eigenvalue weighted by molar-refractivity contribution is 7.89. The Morgan fingerprint density at radius 1 is 1.10 bits per heavy atom. The van der Waals surface area contributed by atoms with E-state index in [9.17, 15) is 18.0 Å². The average Bonchev–Trinajstić information content (AvgIpc) is 3.23. The minimum atomic E-state index is -3.83. The first-order valence-corrected chi connectivity index (χ1v) is 14.7. The van der Waals surface area contributed by atoms with Crippen LogP contribution in [0, 0.1) is 0 Å². The van der Waals surface area contributed by atoms with Crippen molar-refractivity contribution in [1.82, 2.24) is 29.0 Å². The number of nitrogens with zero attached hydrogens (tertiary/aromatic N) is 5. The standard InChI is InChI=1S/C26H36N6O6S/c1-5-8-20-23-24(30(4)29-20)26(34)28-25(27-23)19-17-18(9-10-21(19)37-6-2)39(35,36)32-15-13-31(14-16-32)12-11-22(33)38-7-3/h9-10,17H,5-8,11-16H2,1-4H3,(H,27,28,34). The molecule has 1 N–H and O–H groups in total. The van der Waals surface area contributed by atoms with Crippen LogP contribution in [-0.4, -0.2) is 89.3 Å². The van der Waals surface area contributed by atoms with Crippen LogP contribution in [0.1, 0.15) is 39.3 Å². The number of esters is 1. The molecule has 12 nitrogen and oxygen atoms in total. The number of piperazine rings is 1. The van der Waals surface area contributed by atoms with Crippen molar-refractivity contribution in [3.63, 3.8) is 0 Å². The molecule has 0 saturated carbocycles. The van der Waals surface area contributed by atoms with E-state index >= 15 is 0 Å². The minimum Gasteiger partial charge on any atom is -0.493 e. The van der Waals surface area contributed by atoms with Gasteiger partial charge in [-0.25, -0.2) is 13.4 Å². The maximum atomic E-state index is 13.6. The third kappa shape index (κ3) is 6.15. The summed E-state index contributed by atoms with van der Waals surface area (Å²) in [6.07, 6.45) is 1.77. The molecule has 0 aliphatic carbocycles. The van der Waals surface area contributed by atoms with Gasteiger partial charge in [0.05, 0.1) is 35.8 Å². The van der Waals surface area contributed by atoms with Gasteiger partial charge < -0.3 is 19.4 Å². The Bertz CT molecular complexity index is 1490. The van der Waals surface area contributed by atoms with Gasteiger partial charge in [0.2, 0.25) is 10.0 Å². The molecule has 0 unspecified atom stereocenters. The van der Waals surface area contributed by atoms with Crippen molar-refractivity contribution in [2.24, 2.45) is 7.05 Å². The average molecular weight is 561 g/mol. The highest BCUT2D eigenvalue weighted by Crippen LogP contribution is 2.32. The van der Waals surface area contributed by atoms with E-state index in [-0.39, 0.29) is 28.7 Å². The Labute approximate surface area is 228 Å². The molecule has 13 heteroatoms. The summed E-state index contributed by atoms with van der Waals surface area (Å²) in [7, 11) is -2.13. The zero-order valence-corrected chi connectivity index (χ0v) is 23.7. The molecule has 0 amide bonds. The van der Waals surface area contributed by atoms with Crippen LogP contribution < -0.4 is 10.3 Å². The quantitative estimate of drug-likeness (QED) is 0.348. The van der Waals surface area contributed by atoms with Gasteiger partial charge in [-0.3, -0.25) is 14.3 Å². The summed E-state index contributed by atoms with van der Waals surface area (Å²) in [6.45, 7) is 8.45. The molecule has 1 aliphatic heterocycles. The number of H-pyrrole nitrogens is 1. The fraction of sp³-hybridized carbons (Fsp3) is 0.538. The SMILES string of the molecule is CCCc1nn(C)c2c(=O)[nH]c(-c3cc(S(=O)(=O)N4CCN(CCC(=O)OCC)CC4)ccc3OCC)nc12. The van der Waals surface area contributed by atoms with Gasteiger partial charge in [-0.1, -0.05) is 13.3 Å². The molecule has 1 aromatic carbocycles. The van der Waals surface area contributed by atoms with Gasteiger partial charge in [0.1, 0.15) is 17.1 Å². The van der Waals surface area contributed by atoms with E-state index in [4.69, 9.17) is 14.5 Å². The molecule has 0 radical (unpaired) electrons. The van der Waals surface area contributed by atoms with E-state index in [0.717, 1.165) is 6.42 Å². The van der Waals surface area contributed by atoms with Gasteiger partial charge in [0, 0.05) is 39.8 Å². The molecule has 0 bridgehead atoms. The third-order valence-corrected chi connectivity index (χ3v) is 8.56. The third-order valence-electron chi connectivity index (χ3n) is 6.66. The molecule has 4 rings (SSSR count). The number of benzene rings is 1. The van der Waals surface area contributed by atoms with Crippen LogP contribution >= 0.6 is 0 Å². The van der Waals surface area contributed by atoms with Crippen molar-refractivity contribution in [2.45, 2.75) is 44.9 Å². The molecule has 3 aromatic rings. The van der Waals surface area contributed by atoms with Crippen molar-refractivity contribution in [3.05, 3.63) is 34.2 Å². The maximum Gasteiger partial charge on any atom is 0.307 e. The molecule has 2 aromatic heterocycles. The Kier molecular flexibility index (Phi) is 9.03. The number of aromatic nitrogens is 4. The zero-order chi connectivity index (χ0) is 28.2. The number of ether oxygens (including phenoxy) is 2. The number of carbonyl (C=O) groups is 1. The lowest BCUT2D eigenvalue weighted by Gasteiger charge is -2.33. The molecule has 1 aliphatic rings. The second-order valence-corrected chi connectivity index (χ2v) is 11.3. The second kappa shape index (κ2) is 12.3. The van der Waals surface area contributed by atoms with Crippen LogP contribution in [0.5, 0.6) is 5.75 Å². The highest BCUT2D eigenvalue weighted by atomic mass is 32.2. The lowest BCUT2D eigenvalue weighted by atomic mass is 10.1. The number of rotatable bonds is 11. The van der Waals surface area contributed by atoms with Crippen molar-refractivity contribution in [3.8, 4) is 17.1 Å². The van der Waals surface area contributed by atoms with E-state index in [2.05, 4.69) is 15.0 Å². The van der Waals surface area contributed by atoms with Crippen molar-refractivity contribution in [1.29, 1.82) is 0 Å². The summed E-state index contributed by atoms with van der Waals surface area (Å²) in [5.41, 5.74) is 1.60. The topological polar surface area (TPSA) is 140 Å². The number of sulfonamides is 1. The van der Waals surface area contributed by atoms with E-state index in [0.29, 0.717) is 80.4 Å². The van der Waals surface area contributed by atoms with E-state index in [1.807, 2.05) is 13.8 Å². The number of hydrogen-bond acceptors (Lipinski definition) is 9. The van der Waals surface area contributed by atoms with Gasteiger partial charge >= 0.3 is 5.97 Å². The van der Waals surface area contributed by atoms with Gasteiger partial charge in [-0.15, -0.1) is 0 Å². The Morgan fingerprint density at radius 3 is 2.51 bits per heavy atom. The van der Waals surface area contributed by atoms with Crippen molar-refractivity contribution >= 4 is 27.0 Å². The molecule has 212 valence electrons. The number of aryl methyl sites for hydroxylation is 2. The van der Waals surface area contributed by atoms with Gasteiger partial charge in [-0.2, -0.15) is 9.40 Å². The predicted molar refractivity (Wildman–Crippen MR) is 146 cm³/mol. The summed E-state index contributed by atoms with van der Waals surface area (Å²) in [6, 6.07) is 4.62. The van der Waals surface area contributed by atoms with Crippen LogP contribution in [-0.2, 0) is 33.0 Å². The lowest BCUT2D eigenvalue weighted by molar-refractivity contribution is -0.143. The molecule has 1 fully saturated rings. The Morgan fingerprint density at radius 2 is 1.85 bits per heavy atom. The molecule has 3 heterocycles. The first-order chi connectivity index (χ1) is 18.7. The van der Waals surface area contributed by atoms with Crippen LogP contribution in [0.25, 0.3) is 22.4 Å². The lowest BCUT2D eigenvalue weighted by Crippen LogP contribution is -2.49. The van der Waals surface area contributed by atoms with Crippen molar-refractivity contribution < 1.29 is 22.7 Å². The molecule has 1 saturated heterocycles. The molecule has 0 spiro atoms. The molecular formula is C26H36N6O6S. The Balaban J connectivity index is 1.63. The first kappa shape index (κ1) is 28.7. The number of fused-ring (bicyclic) bond motifs is 1. The smallest absolute Gasteiger partial charge is 0.307 e. The van der Waals surface area contributed by atoms with E-state index < -0.39 is 10.0 Å². The van der Waals surface area contributed by atoms with Gasteiger partial charge in [0.15, 0.2) is 5.52 Å². The van der Waals surface area contributed by atoms with Crippen LogP contribution in [0.4, 0.5) is 0 Å². The monoisotopic (exact) mass is 560 g/mol. The number of nitrogens with one attached hydrogen (secondary N) is 1. The van der Waals surface area contributed by atoms with E-state index in [1.54, 1.807) is 20.0 Å². The largest absolute Gasteiger partial charge is 0.493 e.